The van der Waals surface area contributed by atoms with Crippen LogP contribution in [0.5, 0.6) is 0 Å². The van der Waals surface area contributed by atoms with E-state index < -0.39 is 17.5 Å². The average Bonchev–Trinajstić information content (AvgIpc) is 2.95. The summed E-state index contributed by atoms with van der Waals surface area (Å²) < 4.78 is 32.0. The molecule has 7 heteroatoms. The first-order chi connectivity index (χ1) is 11.0. The van der Waals surface area contributed by atoms with Crippen LogP contribution in [0.25, 0.3) is 0 Å². The number of aryl methyl sites for hydroxylation is 1. The summed E-state index contributed by atoms with van der Waals surface area (Å²) in [5.74, 6) is -0.223. The van der Waals surface area contributed by atoms with E-state index in [1.165, 1.54) is 0 Å². The van der Waals surface area contributed by atoms with Crippen molar-refractivity contribution in [3.63, 3.8) is 0 Å². The van der Waals surface area contributed by atoms with Gasteiger partial charge in [0.25, 0.3) is 5.91 Å². The molecule has 1 aromatic carbocycles. The molecule has 122 valence electrons. The van der Waals surface area contributed by atoms with Crippen LogP contribution in [0.1, 0.15) is 34.9 Å². The van der Waals surface area contributed by atoms with E-state index in [9.17, 15) is 13.6 Å². The van der Waals surface area contributed by atoms with Gasteiger partial charge in [-0.3, -0.25) is 4.79 Å². The highest BCUT2D eigenvalue weighted by Crippen LogP contribution is 2.23. The van der Waals surface area contributed by atoms with Crippen LogP contribution >= 0.6 is 0 Å². The Labute approximate surface area is 132 Å². The summed E-state index contributed by atoms with van der Waals surface area (Å²) in [5.41, 5.74) is -0.212. The molecule has 3 rings (SSSR count). The SMILES string of the molecule is Cc1noc(CC2CCN(C(=O)c3cc(F)ccc3F)CC2)n1. The van der Waals surface area contributed by atoms with Crippen LogP contribution in [-0.4, -0.2) is 34.0 Å². The minimum atomic E-state index is -0.695. The minimum absolute atomic E-state index is 0.212. The van der Waals surface area contributed by atoms with Gasteiger partial charge in [-0.05, 0) is 43.9 Å². The van der Waals surface area contributed by atoms with Crippen molar-refractivity contribution in [2.75, 3.05) is 13.1 Å². The third-order valence-electron chi connectivity index (χ3n) is 4.09. The Balaban J connectivity index is 1.60. The number of benzene rings is 1. The Hall–Kier alpha value is -2.31. The van der Waals surface area contributed by atoms with Crippen LogP contribution in [0.2, 0.25) is 0 Å². The molecular weight excluding hydrogens is 304 g/mol. The molecule has 1 saturated heterocycles. The van der Waals surface area contributed by atoms with Crippen molar-refractivity contribution in [1.29, 1.82) is 0 Å². The van der Waals surface area contributed by atoms with Crippen molar-refractivity contribution < 1.29 is 18.1 Å². The van der Waals surface area contributed by atoms with Crippen molar-refractivity contribution in [3.05, 3.63) is 47.1 Å². The number of hydrogen-bond donors (Lipinski definition) is 0. The van der Waals surface area contributed by atoms with E-state index in [1.807, 2.05) is 0 Å². The van der Waals surface area contributed by atoms with E-state index in [2.05, 4.69) is 10.1 Å². The number of rotatable bonds is 3. The maximum Gasteiger partial charge on any atom is 0.256 e. The second-order valence-corrected chi connectivity index (χ2v) is 5.80. The van der Waals surface area contributed by atoms with Gasteiger partial charge in [0.2, 0.25) is 5.89 Å². The van der Waals surface area contributed by atoms with E-state index in [-0.39, 0.29) is 5.56 Å². The van der Waals surface area contributed by atoms with E-state index in [4.69, 9.17) is 4.52 Å². The number of hydrogen-bond acceptors (Lipinski definition) is 4. The monoisotopic (exact) mass is 321 g/mol. The topological polar surface area (TPSA) is 59.2 Å². The van der Waals surface area contributed by atoms with Crippen LogP contribution in [-0.2, 0) is 6.42 Å². The summed E-state index contributed by atoms with van der Waals surface area (Å²) >= 11 is 0. The Morgan fingerprint density at radius 1 is 1.35 bits per heavy atom. The van der Waals surface area contributed by atoms with Crippen LogP contribution in [0, 0.1) is 24.5 Å². The molecule has 1 fully saturated rings. The molecule has 0 N–H and O–H groups in total. The predicted octanol–water partition coefficient (Wildman–Crippen LogP) is 2.75. The number of likely N-dealkylation sites (tertiary alicyclic amines) is 1. The van der Waals surface area contributed by atoms with Gasteiger partial charge in [0.1, 0.15) is 11.6 Å². The third-order valence-corrected chi connectivity index (χ3v) is 4.09. The van der Waals surface area contributed by atoms with Crippen LogP contribution < -0.4 is 0 Å². The molecule has 1 aliphatic heterocycles. The Morgan fingerprint density at radius 3 is 2.74 bits per heavy atom. The summed E-state index contributed by atoms with van der Waals surface area (Å²) in [4.78, 5) is 18.1. The quantitative estimate of drug-likeness (QED) is 0.872. The number of amides is 1. The first-order valence-electron chi connectivity index (χ1n) is 7.56. The third kappa shape index (κ3) is 3.55. The maximum absolute atomic E-state index is 13.7. The summed E-state index contributed by atoms with van der Waals surface area (Å²) in [6.45, 7) is 2.78. The second kappa shape index (κ2) is 6.44. The van der Waals surface area contributed by atoms with E-state index in [0.717, 1.165) is 31.0 Å². The zero-order valence-electron chi connectivity index (χ0n) is 12.8. The van der Waals surface area contributed by atoms with Gasteiger partial charge in [0.05, 0.1) is 5.56 Å². The van der Waals surface area contributed by atoms with Crippen molar-refractivity contribution in [2.45, 2.75) is 26.2 Å². The number of nitrogens with zero attached hydrogens (tertiary/aromatic N) is 3. The lowest BCUT2D eigenvalue weighted by Gasteiger charge is -2.31. The first-order valence-corrected chi connectivity index (χ1v) is 7.56. The minimum Gasteiger partial charge on any atom is -0.339 e. The molecule has 1 aliphatic rings. The number of carbonyl (C=O) groups excluding carboxylic acids is 1. The molecule has 0 saturated carbocycles. The van der Waals surface area contributed by atoms with Crippen molar-refractivity contribution >= 4 is 5.91 Å². The van der Waals surface area contributed by atoms with Crippen LogP contribution in [0.15, 0.2) is 22.7 Å². The molecule has 0 atom stereocenters. The molecule has 0 bridgehead atoms. The van der Waals surface area contributed by atoms with Gasteiger partial charge in [0, 0.05) is 19.5 Å². The largest absolute Gasteiger partial charge is 0.339 e. The molecule has 1 aromatic heterocycles. The van der Waals surface area contributed by atoms with Gasteiger partial charge in [-0.2, -0.15) is 4.98 Å². The molecule has 0 spiro atoms. The van der Waals surface area contributed by atoms with Gasteiger partial charge in [-0.1, -0.05) is 5.16 Å². The van der Waals surface area contributed by atoms with Crippen molar-refractivity contribution in [3.8, 4) is 0 Å². The molecule has 0 aliphatic carbocycles. The van der Waals surface area contributed by atoms with Crippen LogP contribution in [0.4, 0.5) is 8.78 Å². The first kappa shape index (κ1) is 15.6. The van der Waals surface area contributed by atoms with E-state index in [0.29, 0.717) is 37.1 Å². The zero-order valence-corrected chi connectivity index (χ0v) is 12.8. The molecule has 2 heterocycles. The predicted molar refractivity (Wildman–Crippen MR) is 77.7 cm³/mol. The van der Waals surface area contributed by atoms with Gasteiger partial charge >= 0.3 is 0 Å². The molecule has 2 aromatic rings. The van der Waals surface area contributed by atoms with E-state index in [1.54, 1.807) is 11.8 Å². The Morgan fingerprint density at radius 2 is 2.09 bits per heavy atom. The number of carbonyl (C=O) groups is 1. The van der Waals surface area contributed by atoms with Gasteiger partial charge in [-0.15, -0.1) is 0 Å². The summed E-state index contributed by atoms with van der Waals surface area (Å²) in [6.07, 6.45) is 2.21. The van der Waals surface area contributed by atoms with Crippen molar-refractivity contribution in [2.24, 2.45) is 5.92 Å². The lowest BCUT2D eigenvalue weighted by Crippen LogP contribution is -2.39. The summed E-state index contributed by atoms with van der Waals surface area (Å²) in [7, 11) is 0. The smallest absolute Gasteiger partial charge is 0.256 e. The average molecular weight is 321 g/mol. The lowest BCUT2D eigenvalue weighted by atomic mass is 9.93. The van der Waals surface area contributed by atoms with Gasteiger partial charge in [0.15, 0.2) is 5.82 Å². The standard InChI is InChI=1S/C16H17F2N3O2/c1-10-19-15(23-20-10)8-11-4-6-21(7-5-11)16(22)13-9-12(17)2-3-14(13)18/h2-3,9,11H,4-8H2,1H3. The zero-order chi connectivity index (χ0) is 16.4. The number of piperidine rings is 1. The van der Waals surface area contributed by atoms with Gasteiger partial charge < -0.3 is 9.42 Å². The normalized spacial score (nSPS) is 15.9. The van der Waals surface area contributed by atoms with Crippen molar-refractivity contribution in [1.82, 2.24) is 15.0 Å². The Bertz CT molecular complexity index is 709. The molecule has 0 unspecified atom stereocenters. The summed E-state index contributed by atoms with van der Waals surface area (Å²) in [6, 6.07) is 2.93. The number of aromatic nitrogens is 2. The molecular formula is C16H17F2N3O2. The fourth-order valence-corrected chi connectivity index (χ4v) is 2.84. The van der Waals surface area contributed by atoms with E-state index >= 15 is 0 Å². The molecule has 1 amide bonds. The molecule has 5 nitrogen and oxygen atoms in total. The highest BCUT2D eigenvalue weighted by Gasteiger charge is 2.26. The lowest BCUT2D eigenvalue weighted by molar-refractivity contribution is 0.0682. The fourth-order valence-electron chi connectivity index (χ4n) is 2.84. The second-order valence-electron chi connectivity index (χ2n) is 5.80. The molecule has 0 radical (unpaired) electrons. The highest BCUT2D eigenvalue weighted by atomic mass is 19.1. The van der Waals surface area contributed by atoms with Crippen LogP contribution in [0.3, 0.4) is 0 Å². The maximum atomic E-state index is 13.7. The Kier molecular flexibility index (Phi) is 4.36. The molecule has 23 heavy (non-hydrogen) atoms. The highest BCUT2D eigenvalue weighted by molar-refractivity contribution is 5.94. The number of halogens is 2. The summed E-state index contributed by atoms with van der Waals surface area (Å²) in [5, 5.41) is 3.76. The fraction of sp³-hybridized carbons (Fsp3) is 0.438. The van der Waals surface area contributed by atoms with Gasteiger partial charge in [-0.25, -0.2) is 8.78 Å².